The first-order valence-corrected chi connectivity index (χ1v) is 17.4. The van der Waals surface area contributed by atoms with Crippen LogP contribution < -0.4 is 5.32 Å². The minimum atomic E-state index is -4.64. The number of aldehydes is 1. The third kappa shape index (κ3) is 18.7. The molecule has 290 valence electrons. The maximum atomic E-state index is 12.7. The van der Waals surface area contributed by atoms with Gasteiger partial charge in [-0.05, 0) is 96.7 Å². The van der Waals surface area contributed by atoms with Crippen molar-refractivity contribution in [2.75, 3.05) is 26.3 Å². The fourth-order valence-electron chi connectivity index (χ4n) is 4.84. The second-order valence-electron chi connectivity index (χ2n) is 14.2. The Labute approximate surface area is 312 Å². The van der Waals surface area contributed by atoms with Crippen molar-refractivity contribution >= 4 is 35.6 Å². The first-order valence-electron chi connectivity index (χ1n) is 17.3. The lowest BCUT2D eigenvalue weighted by Gasteiger charge is -2.43. The number of rotatable bonds is 6. The summed E-state index contributed by atoms with van der Waals surface area (Å²) in [4.78, 5) is 23.1. The highest BCUT2D eigenvalue weighted by molar-refractivity contribution is 6.30. The van der Waals surface area contributed by atoms with Gasteiger partial charge in [-0.1, -0.05) is 61.3 Å². The highest BCUT2D eigenvalue weighted by Crippen LogP contribution is 2.25. The summed E-state index contributed by atoms with van der Waals surface area (Å²) < 4.78 is 54.6. The SMILES string of the molecule is CC(C)(C)OC(=O)N1C[C@H](C(C)(C)O)OC[C@@H]1Cc1ccc(Cl)cc1.CC(C)(O)[C@H]1CN[C@@H](Cc2ccc(Cl)cc2)CO1.O=CC(F)(F)F.[2H]CC. The number of ether oxygens (including phenoxy) is 3. The molecule has 0 saturated carbocycles. The van der Waals surface area contributed by atoms with E-state index in [2.05, 4.69) is 5.32 Å². The number of benzene rings is 2. The first kappa shape index (κ1) is 44.7. The zero-order valence-corrected chi connectivity index (χ0v) is 32.2. The molecule has 2 heterocycles. The van der Waals surface area contributed by atoms with Gasteiger partial charge in [-0.3, -0.25) is 9.69 Å². The summed E-state index contributed by atoms with van der Waals surface area (Å²) in [5.74, 6) is 0. The van der Waals surface area contributed by atoms with Gasteiger partial charge >= 0.3 is 12.3 Å². The number of morpholine rings is 2. The van der Waals surface area contributed by atoms with Crippen molar-refractivity contribution in [3.8, 4) is 0 Å². The number of halogens is 5. The van der Waals surface area contributed by atoms with Gasteiger partial charge in [0.15, 0.2) is 0 Å². The fraction of sp³-hybridized carbons (Fsp3) is 0.622. The molecule has 0 radical (unpaired) electrons. The number of hydrogen-bond donors (Lipinski definition) is 3. The molecule has 14 heteroatoms. The fourth-order valence-corrected chi connectivity index (χ4v) is 5.10. The molecule has 0 aliphatic carbocycles. The van der Waals surface area contributed by atoms with Gasteiger partial charge in [-0.15, -0.1) is 0 Å². The van der Waals surface area contributed by atoms with Gasteiger partial charge in [0.05, 0.1) is 43.1 Å². The predicted octanol–water partition coefficient (Wildman–Crippen LogP) is 7.44. The molecule has 0 unspecified atom stereocenters. The number of amides is 1. The van der Waals surface area contributed by atoms with Crippen LogP contribution in [0.15, 0.2) is 48.5 Å². The summed E-state index contributed by atoms with van der Waals surface area (Å²) in [7, 11) is 0. The Morgan fingerprint density at radius 3 is 1.71 bits per heavy atom. The zero-order chi connectivity index (χ0) is 39.9. The highest BCUT2D eigenvalue weighted by atomic mass is 35.5. The van der Waals surface area contributed by atoms with Gasteiger partial charge in [0, 0.05) is 24.0 Å². The molecule has 0 aromatic heterocycles. The number of carbonyl (C=O) groups is 2. The minimum absolute atomic E-state index is 0.140. The van der Waals surface area contributed by atoms with Crippen molar-refractivity contribution in [2.45, 2.75) is 122 Å². The number of aliphatic hydroxyl groups is 2. The van der Waals surface area contributed by atoms with E-state index in [1.807, 2.05) is 69.3 Å². The maximum absolute atomic E-state index is 12.7. The van der Waals surface area contributed by atoms with E-state index in [0.29, 0.717) is 44.1 Å². The van der Waals surface area contributed by atoms with Crippen molar-refractivity contribution < 1.29 is 48.6 Å². The van der Waals surface area contributed by atoms with E-state index in [4.69, 9.17) is 43.6 Å². The molecular formula is C37H55Cl2F3N2O7. The smallest absolute Gasteiger partial charge is 0.444 e. The van der Waals surface area contributed by atoms with Crippen LogP contribution in [0.2, 0.25) is 10.0 Å². The Bertz CT molecular complexity index is 1330. The van der Waals surface area contributed by atoms with Crippen LogP contribution >= 0.6 is 23.2 Å². The summed E-state index contributed by atoms with van der Waals surface area (Å²) in [5, 5.41) is 25.0. The summed E-state index contributed by atoms with van der Waals surface area (Å²) in [6.45, 7) is 16.7. The first-order chi connectivity index (χ1) is 23.9. The van der Waals surface area contributed by atoms with Crippen LogP contribution in [0.25, 0.3) is 0 Å². The second-order valence-corrected chi connectivity index (χ2v) is 15.0. The van der Waals surface area contributed by atoms with Gasteiger partial charge in [0.1, 0.15) is 11.7 Å². The summed E-state index contributed by atoms with van der Waals surface area (Å²) >= 11 is 11.8. The lowest BCUT2D eigenvalue weighted by atomic mass is 9.97. The zero-order valence-electron chi connectivity index (χ0n) is 31.7. The monoisotopic (exact) mass is 767 g/mol. The van der Waals surface area contributed by atoms with Crippen LogP contribution in [0.3, 0.4) is 0 Å². The molecule has 2 aliphatic rings. The number of hydrogen-bond acceptors (Lipinski definition) is 8. The quantitative estimate of drug-likeness (QED) is 0.260. The standard InChI is InChI=1S/C19H28ClNO4.C14H20ClNO2.C2HF3O.C2H6/c1-18(2,3)25-17(22)21-11-16(19(4,5)23)24-12-15(21)10-13-6-8-14(20)9-7-13;1-14(2,17)13-8-16-12(9-18-13)7-10-3-5-11(15)6-4-10;3-2(4,5)1-6;1-2/h6-9,15-16,23H,10-12H2,1-5H3;3-6,12-13,16-17H,7-9H2,1-2H3;1H;1-2H3/t15-,16+;12-,13+;;/m00../s1/i;;;1D. The molecule has 4 atom stereocenters. The lowest BCUT2D eigenvalue weighted by Crippen LogP contribution is -2.59. The van der Waals surface area contributed by atoms with E-state index < -0.39 is 35.4 Å². The molecular weight excluding hydrogens is 712 g/mol. The van der Waals surface area contributed by atoms with E-state index in [1.54, 1.807) is 39.5 Å². The van der Waals surface area contributed by atoms with Gasteiger partial charge in [-0.25, -0.2) is 4.79 Å². The van der Waals surface area contributed by atoms with E-state index >= 15 is 0 Å². The van der Waals surface area contributed by atoms with Crippen LogP contribution in [0, 0.1) is 0 Å². The van der Waals surface area contributed by atoms with Crippen LogP contribution in [-0.2, 0) is 31.8 Å². The van der Waals surface area contributed by atoms with Gasteiger partial charge in [0.2, 0.25) is 6.29 Å². The number of nitrogens with zero attached hydrogens (tertiary/aromatic N) is 1. The minimum Gasteiger partial charge on any atom is -0.444 e. The molecule has 4 rings (SSSR count). The molecule has 51 heavy (non-hydrogen) atoms. The molecule has 1 amide bonds. The molecule has 0 spiro atoms. The molecule has 3 N–H and O–H groups in total. The Morgan fingerprint density at radius 2 is 1.33 bits per heavy atom. The van der Waals surface area contributed by atoms with E-state index in [-0.39, 0.29) is 24.8 Å². The summed E-state index contributed by atoms with van der Waals surface area (Å²) in [5.41, 5.74) is -0.107. The Kier molecular flexibility index (Phi) is 18.1. The van der Waals surface area contributed by atoms with Crippen molar-refractivity contribution in [1.29, 1.82) is 0 Å². The van der Waals surface area contributed by atoms with Gasteiger partial charge in [-0.2, -0.15) is 13.2 Å². The Hall–Kier alpha value is -2.45. The van der Waals surface area contributed by atoms with Crippen LogP contribution in [-0.4, -0.2) is 101 Å². The Balaban J connectivity index is 0.000000435. The second kappa shape index (κ2) is 20.7. The molecule has 9 nitrogen and oxygen atoms in total. The summed E-state index contributed by atoms with van der Waals surface area (Å²) in [6.07, 6.45) is -5.14. The molecule has 2 aromatic rings. The molecule has 2 saturated heterocycles. The van der Waals surface area contributed by atoms with E-state index in [9.17, 15) is 28.2 Å². The topological polar surface area (TPSA) is 118 Å². The molecule has 2 aliphatic heterocycles. The van der Waals surface area contributed by atoms with E-state index in [0.717, 1.165) is 17.0 Å². The third-order valence-corrected chi connectivity index (χ3v) is 8.01. The average Bonchev–Trinajstić information content (AvgIpc) is 3.02. The number of alkyl halides is 3. The lowest BCUT2D eigenvalue weighted by molar-refractivity contribution is -0.156. The molecule has 2 fully saturated rings. The molecule has 0 bridgehead atoms. The number of nitrogens with one attached hydrogen (secondary N) is 1. The van der Waals surface area contributed by atoms with Gasteiger partial charge in [0.25, 0.3) is 0 Å². The Morgan fingerprint density at radius 1 is 0.902 bits per heavy atom. The van der Waals surface area contributed by atoms with Gasteiger partial charge < -0.3 is 29.7 Å². The predicted molar refractivity (Wildman–Crippen MR) is 194 cm³/mol. The highest BCUT2D eigenvalue weighted by Gasteiger charge is 2.40. The van der Waals surface area contributed by atoms with Crippen LogP contribution in [0.1, 0.15) is 74.8 Å². The largest absolute Gasteiger partial charge is 0.446 e. The maximum Gasteiger partial charge on any atom is 0.446 e. The van der Waals surface area contributed by atoms with Crippen LogP contribution in [0.4, 0.5) is 18.0 Å². The number of carbonyl (C=O) groups excluding carboxylic acids is 2. The normalized spacial score (nSPS) is 21.3. The van der Waals surface area contributed by atoms with Crippen molar-refractivity contribution in [3.63, 3.8) is 0 Å². The summed E-state index contributed by atoms with van der Waals surface area (Å²) in [6, 6.07) is 15.6. The molecule has 2 aromatic carbocycles. The van der Waals surface area contributed by atoms with Crippen molar-refractivity contribution in [2.24, 2.45) is 0 Å². The van der Waals surface area contributed by atoms with Crippen LogP contribution in [0.5, 0.6) is 0 Å². The third-order valence-electron chi connectivity index (χ3n) is 7.50. The average molecular weight is 769 g/mol. The van der Waals surface area contributed by atoms with E-state index in [1.165, 1.54) is 5.56 Å². The van der Waals surface area contributed by atoms with Crippen molar-refractivity contribution in [1.82, 2.24) is 10.2 Å². The van der Waals surface area contributed by atoms with Crippen molar-refractivity contribution in [3.05, 3.63) is 69.7 Å².